The number of phosphoric acid groups is 1. The quantitative estimate of drug-likeness (QED) is 0.0350. The fraction of sp³-hybridized carbons (Fsp3) is 0.956. The second kappa shape index (κ2) is 42.6. The average Bonchev–Trinajstić information content (AvgIpc) is 3.17. The lowest BCUT2D eigenvalue weighted by Gasteiger charge is -2.19. The maximum Gasteiger partial charge on any atom is 0.472 e. The molecule has 0 aromatic heterocycles. The summed E-state index contributed by atoms with van der Waals surface area (Å²) >= 11 is 0. The molecule has 0 rings (SSSR count). The maximum absolute atomic E-state index is 12.6. The third-order valence-electron chi connectivity index (χ3n) is 10.5. The van der Waals surface area contributed by atoms with Crippen molar-refractivity contribution in [3.05, 3.63) is 0 Å². The Balaban J connectivity index is 3.86. The SMILES string of the molecule is CCCCCCCCCCCCCCCCCCCCCCCCCCCCC(=O)OC(COC(=O)CCCCCCCCCC)COP(=O)(O)OCCN. The van der Waals surface area contributed by atoms with Crippen molar-refractivity contribution in [2.24, 2.45) is 5.73 Å². The third-order valence-corrected chi connectivity index (χ3v) is 11.5. The maximum atomic E-state index is 12.6. The monoisotopic (exact) mass is 804 g/mol. The van der Waals surface area contributed by atoms with Gasteiger partial charge in [-0.15, -0.1) is 0 Å². The van der Waals surface area contributed by atoms with Crippen LogP contribution in [0.3, 0.4) is 0 Å². The highest BCUT2D eigenvalue weighted by Gasteiger charge is 2.26. The van der Waals surface area contributed by atoms with Gasteiger partial charge in [-0.05, 0) is 12.8 Å². The van der Waals surface area contributed by atoms with Gasteiger partial charge in [-0.2, -0.15) is 0 Å². The number of ether oxygens (including phenoxy) is 2. The van der Waals surface area contributed by atoms with E-state index in [4.69, 9.17) is 24.3 Å². The minimum atomic E-state index is -4.36. The molecular formula is C45H90NO8P. The van der Waals surface area contributed by atoms with Gasteiger partial charge in [0.2, 0.25) is 0 Å². The molecule has 0 aliphatic carbocycles. The van der Waals surface area contributed by atoms with E-state index in [-0.39, 0.29) is 38.6 Å². The van der Waals surface area contributed by atoms with Crippen LogP contribution in [0.15, 0.2) is 0 Å². The summed E-state index contributed by atoms with van der Waals surface area (Å²) in [6, 6.07) is 0. The number of carbonyl (C=O) groups is 2. The van der Waals surface area contributed by atoms with Crippen molar-refractivity contribution in [3.8, 4) is 0 Å². The van der Waals surface area contributed by atoms with Crippen molar-refractivity contribution in [1.82, 2.24) is 0 Å². The van der Waals surface area contributed by atoms with Crippen molar-refractivity contribution < 1.29 is 37.6 Å². The van der Waals surface area contributed by atoms with Gasteiger partial charge in [0, 0.05) is 19.4 Å². The number of unbranched alkanes of at least 4 members (excludes halogenated alkanes) is 32. The van der Waals surface area contributed by atoms with Crippen LogP contribution in [-0.2, 0) is 32.7 Å². The Hall–Kier alpha value is -0.990. The van der Waals surface area contributed by atoms with Crippen LogP contribution < -0.4 is 5.73 Å². The smallest absolute Gasteiger partial charge is 0.462 e. The highest BCUT2D eigenvalue weighted by molar-refractivity contribution is 7.47. The molecule has 10 heteroatoms. The van der Waals surface area contributed by atoms with Crippen LogP contribution in [-0.4, -0.2) is 49.3 Å². The van der Waals surface area contributed by atoms with E-state index in [2.05, 4.69) is 13.8 Å². The predicted molar refractivity (Wildman–Crippen MR) is 229 cm³/mol. The Kier molecular flexibility index (Phi) is 41.8. The molecule has 0 heterocycles. The standard InChI is InChI=1S/C45H90NO8P/c1-3-5-7-9-11-13-14-15-16-17-18-19-20-21-22-23-24-25-26-27-28-29-30-32-34-36-38-45(48)54-43(42-53-55(49,50)52-40-39-46)41-51-44(47)37-35-33-31-12-10-8-6-4-2/h43H,3-42,46H2,1-2H3,(H,49,50). The van der Waals surface area contributed by atoms with Crippen molar-refractivity contribution in [3.63, 3.8) is 0 Å². The molecule has 328 valence electrons. The van der Waals surface area contributed by atoms with E-state index in [1.54, 1.807) is 0 Å². The molecule has 2 atom stereocenters. The van der Waals surface area contributed by atoms with Crippen molar-refractivity contribution >= 4 is 19.8 Å². The van der Waals surface area contributed by atoms with E-state index in [0.717, 1.165) is 32.1 Å². The van der Waals surface area contributed by atoms with Crippen LogP contribution in [0.5, 0.6) is 0 Å². The number of nitrogens with two attached hydrogens (primary N) is 1. The van der Waals surface area contributed by atoms with Crippen LogP contribution >= 0.6 is 7.82 Å². The lowest BCUT2D eigenvalue weighted by molar-refractivity contribution is -0.161. The number of carbonyl (C=O) groups excluding carboxylic acids is 2. The zero-order chi connectivity index (χ0) is 40.3. The fourth-order valence-corrected chi connectivity index (χ4v) is 7.76. The van der Waals surface area contributed by atoms with Gasteiger partial charge in [-0.3, -0.25) is 18.6 Å². The molecular weight excluding hydrogens is 713 g/mol. The molecule has 0 bridgehead atoms. The van der Waals surface area contributed by atoms with E-state index >= 15 is 0 Å². The number of esters is 2. The zero-order valence-electron chi connectivity index (χ0n) is 36.2. The van der Waals surface area contributed by atoms with Crippen molar-refractivity contribution in [2.75, 3.05) is 26.4 Å². The van der Waals surface area contributed by atoms with Crippen LogP contribution in [0, 0.1) is 0 Å². The van der Waals surface area contributed by atoms with E-state index in [1.807, 2.05) is 0 Å². The average molecular weight is 804 g/mol. The Labute approximate surface area is 339 Å². The topological polar surface area (TPSA) is 134 Å². The summed E-state index contributed by atoms with van der Waals surface area (Å²) in [6.45, 7) is 3.74. The van der Waals surface area contributed by atoms with Crippen molar-refractivity contribution in [1.29, 1.82) is 0 Å². The van der Waals surface area contributed by atoms with Crippen LogP contribution in [0.2, 0.25) is 0 Å². The van der Waals surface area contributed by atoms with Crippen LogP contribution in [0.25, 0.3) is 0 Å². The normalized spacial score (nSPS) is 13.2. The summed E-state index contributed by atoms with van der Waals surface area (Å²) in [5, 5.41) is 0. The molecule has 0 aromatic rings. The number of phosphoric ester groups is 1. The van der Waals surface area contributed by atoms with E-state index < -0.39 is 26.5 Å². The van der Waals surface area contributed by atoms with Gasteiger partial charge in [0.25, 0.3) is 0 Å². The highest BCUT2D eigenvalue weighted by Crippen LogP contribution is 2.43. The van der Waals surface area contributed by atoms with Gasteiger partial charge in [-0.25, -0.2) is 4.57 Å². The third kappa shape index (κ3) is 42.4. The molecule has 0 spiro atoms. The van der Waals surface area contributed by atoms with E-state index in [1.165, 1.54) is 180 Å². The Morgan fingerprint density at radius 2 is 0.782 bits per heavy atom. The van der Waals surface area contributed by atoms with Gasteiger partial charge in [0.1, 0.15) is 6.61 Å². The van der Waals surface area contributed by atoms with Gasteiger partial charge in [-0.1, -0.05) is 219 Å². The Morgan fingerprint density at radius 3 is 1.11 bits per heavy atom. The molecule has 0 saturated heterocycles. The first-order chi connectivity index (χ1) is 26.8. The molecule has 3 N–H and O–H groups in total. The summed E-state index contributed by atoms with van der Waals surface area (Å²) in [5.74, 6) is -0.818. The predicted octanol–water partition coefficient (Wildman–Crippen LogP) is 13.6. The van der Waals surface area contributed by atoms with Gasteiger partial charge < -0.3 is 20.1 Å². The molecule has 0 radical (unpaired) electrons. The number of hydrogen-bond acceptors (Lipinski definition) is 8. The fourth-order valence-electron chi connectivity index (χ4n) is 6.99. The minimum Gasteiger partial charge on any atom is -0.462 e. The van der Waals surface area contributed by atoms with Crippen LogP contribution in [0.1, 0.15) is 245 Å². The highest BCUT2D eigenvalue weighted by atomic mass is 31.2. The summed E-state index contributed by atoms with van der Waals surface area (Å²) in [6.07, 6.45) is 43.1. The van der Waals surface area contributed by atoms with Gasteiger partial charge in [0.15, 0.2) is 6.10 Å². The van der Waals surface area contributed by atoms with E-state index in [0.29, 0.717) is 6.42 Å². The molecule has 55 heavy (non-hydrogen) atoms. The lowest BCUT2D eigenvalue weighted by atomic mass is 10.0. The molecule has 0 fully saturated rings. The number of rotatable bonds is 45. The minimum absolute atomic E-state index is 0.0578. The van der Waals surface area contributed by atoms with Gasteiger partial charge in [0.05, 0.1) is 13.2 Å². The van der Waals surface area contributed by atoms with Crippen molar-refractivity contribution in [2.45, 2.75) is 251 Å². The summed E-state index contributed by atoms with van der Waals surface area (Å²) in [5.41, 5.74) is 5.34. The first-order valence-electron chi connectivity index (χ1n) is 23.5. The van der Waals surface area contributed by atoms with Crippen LogP contribution in [0.4, 0.5) is 0 Å². The second-order valence-electron chi connectivity index (χ2n) is 16.0. The largest absolute Gasteiger partial charge is 0.472 e. The summed E-state index contributed by atoms with van der Waals surface area (Å²) < 4.78 is 32.7. The van der Waals surface area contributed by atoms with Gasteiger partial charge >= 0.3 is 19.8 Å². The Bertz CT molecular complexity index is 876. The molecule has 0 saturated carbocycles. The molecule has 0 aromatic carbocycles. The summed E-state index contributed by atoms with van der Waals surface area (Å²) in [4.78, 5) is 34.7. The summed E-state index contributed by atoms with van der Waals surface area (Å²) in [7, 11) is -4.36. The second-order valence-corrected chi connectivity index (χ2v) is 17.4. The molecule has 2 unspecified atom stereocenters. The lowest BCUT2D eigenvalue weighted by Crippen LogP contribution is -2.29. The molecule has 9 nitrogen and oxygen atoms in total. The first kappa shape index (κ1) is 54.0. The molecule has 0 aliphatic heterocycles. The molecule has 0 amide bonds. The zero-order valence-corrected chi connectivity index (χ0v) is 37.1. The first-order valence-corrected chi connectivity index (χ1v) is 25.0. The van der Waals surface area contributed by atoms with E-state index in [9.17, 15) is 19.0 Å². The Morgan fingerprint density at radius 1 is 0.473 bits per heavy atom. The molecule has 0 aliphatic rings. The number of hydrogen-bond donors (Lipinski definition) is 2.